The van der Waals surface area contributed by atoms with Crippen molar-refractivity contribution >= 4 is 17.9 Å². The van der Waals surface area contributed by atoms with E-state index < -0.39 is 54.1 Å². The summed E-state index contributed by atoms with van der Waals surface area (Å²) < 4.78 is 24.8. The average Bonchev–Trinajstić information content (AvgIpc) is 3.27. The Kier molecular flexibility index (Phi) is 8.16. The summed E-state index contributed by atoms with van der Waals surface area (Å²) in [5.74, 6) is -2.44. The second kappa shape index (κ2) is 12.1. The molecule has 1 aliphatic heterocycles. The lowest BCUT2D eigenvalue weighted by atomic mass is 9.95. The van der Waals surface area contributed by atoms with Crippen molar-refractivity contribution in [2.24, 2.45) is 0 Å². The molecule has 0 saturated carbocycles. The lowest BCUT2D eigenvalue weighted by Crippen LogP contribution is -2.51. The van der Waals surface area contributed by atoms with E-state index in [0.717, 1.165) is 10.6 Å². The van der Waals surface area contributed by atoms with Crippen LogP contribution in [-0.4, -0.2) is 52.0 Å². The highest BCUT2D eigenvalue weighted by molar-refractivity contribution is 5.91. The standard InChI is InChI=1S/C32H27NO9/c1-32(42-30(38)23-15-9-4-10-16-23)27(41-29(37)22-13-7-3-8-14-22)25(20-39-28(36)21-11-5-2-6-12-21)40-31(32)33-18-17-24(34)19-26(33)35/h2-19,25,27,31,34H,20H2,1H3/t25-,27-,31-,32-/m1/s1. The number of carbonyl (C=O) groups is 3. The zero-order valence-corrected chi connectivity index (χ0v) is 22.5. The third-order valence-corrected chi connectivity index (χ3v) is 6.83. The molecule has 42 heavy (non-hydrogen) atoms. The Morgan fingerprint density at radius 1 is 0.810 bits per heavy atom. The predicted molar refractivity (Wildman–Crippen MR) is 149 cm³/mol. The van der Waals surface area contributed by atoms with E-state index in [9.17, 15) is 24.3 Å². The third kappa shape index (κ3) is 5.93. The molecule has 0 radical (unpaired) electrons. The van der Waals surface area contributed by atoms with Gasteiger partial charge in [0.1, 0.15) is 18.5 Å². The normalized spacial score (nSPS) is 21.3. The molecule has 1 aliphatic rings. The van der Waals surface area contributed by atoms with Gasteiger partial charge in [-0.2, -0.15) is 0 Å². The van der Waals surface area contributed by atoms with Crippen LogP contribution in [0.1, 0.15) is 44.2 Å². The van der Waals surface area contributed by atoms with Gasteiger partial charge in [0.25, 0.3) is 5.56 Å². The number of esters is 3. The number of nitrogens with zero attached hydrogens (tertiary/aromatic N) is 1. The van der Waals surface area contributed by atoms with Gasteiger partial charge in [0, 0.05) is 12.3 Å². The van der Waals surface area contributed by atoms with Crippen LogP contribution in [-0.2, 0) is 18.9 Å². The lowest BCUT2D eigenvalue weighted by molar-refractivity contribution is -0.111. The van der Waals surface area contributed by atoms with Crippen LogP contribution in [0.4, 0.5) is 0 Å². The Hall–Kier alpha value is -5.22. The largest absolute Gasteiger partial charge is 0.508 e. The maximum Gasteiger partial charge on any atom is 0.338 e. The second-order valence-corrected chi connectivity index (χ2v) is 9.75. The van der Waals surface area contributed by atoms with Gasteiger partial charge in [0.2, 0.25) is 0 Å². The van der Waals surface area contributed by atoms with Gasteiger partial charge < -0.3 is 24.1 Å². The van der Waals surface area contributed by atoms with Crippen molar-refractivity contribution in [1.82, 2.24) is 4.57 Å². The molecular weight excluding hydrogens is 542 g/mol. The topological polar surface area (TPSA) is 130 Å². The minimum atomic E-state index is -1.80. The molecule has 0 unspecified atom stereocenters. The van der Waals surface area contributed by atoms with Crippen molar-refractivity contribution in [3.05, 3.63) is 136 Å². The number of hydrogen-bond donors (Lipinski definition) is 1. The molecule has 2 heterocycles. The van der Waals surface area contributed by atoms with Gasteiger partial charge in [-0.25, -0.2) is 14.4 Å². The highest BCUT2D eigenvalue weighted by Crippen LogP contribution is 2.43. The monoisotopic (exact) mass is 569 g/mol. The van der Waals surface area contributed by atoms with E-state index in [1.807, 2.05) is 0 Å². The molecule has 3 aromatic carbocycles. The first-order valence-corrected chi connectivity index (χ1v) is 13.1. The molecule has 1 N–H and O–H groups in total. The van der Waals surface area contributed by atoms with E-state index >= 15 is 0 Å². The average molecular weight is 570 g/mol. The van der Waals surface area contributed by atoms with Crippen molar-refractivity contribution in [1.29, 1.82) is 0 Å². The minimum Gasteiger partial charge on any atom is -0.508 e. The van der Waals surface area contributed by atoms with Crippen LogP contribution >= 0.6 is 0 Å². The Balaban J connectivity index is 1.54. The molecule has 214 valence electrons. The minimum absolute atomic E-state index is 0.211. The van der Waals surface area contributed by atoms with Gasteiger partial charge in [0.15, 0.2) is 17.9 Å². The Labute approximate surface area is 240 Å². The fourth-order valence-corrected chi connectivity index (χ4v) is 4.73. The predicted octanol–water partition coefficient (Wildman–Crippen LogP) is 4.15. The summed E-state index contributed by atoms with van der Waals surface area (Å²) in [6.07, 6.45) is -2.57. The number of rotatable bonds is 8. The van der Waals surface area contributed by atoms with E-state index in [1.165, 1.54) is 19.2 Å². The molecule has 0 bridgehead atoms. The highest BCUT2D eigenvalue weighted by atomic mass is 16.7. The fraction of sp³-hybridized carbons (Fsp3) is 0.188. The van der Waals surface area contributed by atoms with Crippen LogP contribution in [0.15, 0.2) is 114 Å². The number of ether oxygens (including phenoxy) is 4. The second-order valence-electron chi connectivity index (χ2n) is 9.75. The third-order valence-electron chi connectivity index (χ3n) is 6.83. The molecule has 10 nitrogen and oxygen atoms in total. The molecule has 4 aromatic rings. The van der Waals surface area contributed by atoms with E-state index in [2.05, 4.69) is 0 Å². The number of hydrogen-bond acceptors (Lipinski definition) is 9. The Morgan fingerprint density at radius 2 is 1.33 bits per heavy atom. The molecule has 0 amide bonds. The van der Waals surface area contributed by atoms with Gasteiger partial charge in [-0.3, -0.25) is 9.36 Å². The summed E-state index contributed by atoms with van der Waals surface area (Å²) >= 11 is 0. The summed E-state index contributed by atoms with van der Waals surface area (Å²) in [5, 5.41) is 9.84. The van der Waals surface area contributed by atoms with Crippen molar-refractivity contribution in [2.45, 2.75) is 31.0 Å². The molecule has 1 aromatic heterocycles. The van der Waals surface area contributed by atoms with E-state index in [0.29, 0.717) is 0 Å². The molecule has 0 spiro atoms. The number of aromatic hydroxyl groups is 1. The number of aromatic nitrogens is 1. The molecule has 1 fully saturated rings. The molecule has 10 heteroatoms. The number of carbonyl (C=O) groups excluding carboxylic acids is 3. The van der Waals surface area contributed by atoms with Crippen LogP contribution in [0.25, 0.3) is 0 Å². The van der Waals surface area contributed by atoms with Crippen molar-refractivity contribution in [2.75, 3.05) is 6.61 Å². The summed E-state index contributed by atoms with van der Waals surface area (Å²) in [6, 6.07) is 26.8. The van der Waals surface area contributed by atoms with Gasteiger partial charge in [0.05, 0.1) is 16.7 Å². The first-order chi connectivity index (χ1) is 20.3. The first-order valence-electron chi connectivity index (χ1n) is 13.1. The quantitative estimate of drug-likeness (QED) is 0.246. The Morgan fingerprint density at radius 3 is 1.88 bits per heavy atom. The summed E-state index contributed by atoms with van der Waals surface area (Å²) in [4.78, 5) is 52.4. The lowest BCUT2D eigenvalue weighted by Gasteiger charge is -2.34. The van der Waals surface area contributed by atoms with Crippen molar-refractivity contribution in [3.63, 3.8) is 0 Å². The van der Waals surface area contributed by atoms with Crippen LogP contribution in [0.5, 0.6) is 5.75 Å². The molecular formula is C32H27NO9. The van der Waals surface area contributed by atoms with E-state index in [-0.39, 0.29) is 22.4 Å². The van der Waals surface area contributed by atoms with Crippen LogP contribution in [0.2, 0.25) is 0 Å². The maximum absolute atomic E-state index is 13.3. The number of benzene rings is 3. The molecule has 0 aliphatic carbocycles. The van der Waals surface area contributed by atoms with Crippen molar-refractivity contribution in [3.8, 4) is 5.75 Å². The van der Waals surface area contributed by atoms with E-state index in [1.54, 1.807) is 91.0 Å². The summed E-state index contributed by atoms with van der Waals surface area (Å²) in [7, 11) is 0. The van der Waals surface area contributed by atoms with Gasteiger partial charge in [-0.1, -0.05) is 54.6 Å². The molecule has 1 saturated heterocycles. The highest BCUT2D eigenvalue weighted by Gasteiger charge is 2.60. The van der Waals surface area contributed by atoms with Gasteiger partial charge in [-0.15, -0.1) is 0 Å². The first kappa shape index (κ1) is 28.3. The van der Waals surface area contributed by atoms with Gasteiger partial charge in [-0.05, 0) is 49.4 Å². The Bertz CT molecular complexity index is 1620. The molecule has 4 atom stereocenters. The van der Waals surface area contributed by atoms with E-state index in [4.69, 9.17) is 18.9 Å². The smallest absolute Gasteiger partial charge is 0.338 e. The molecule has 5 rings (SSSR count). The number of pyridine rings is 1. The van der Waals surface area contributed by atoms with Gasteiger partial charge >= 0.3 is 17.9 Å². The summed E-state index contributed by atoms with van der Waals surface area (Å²) in [5.41, 5.74) is -1.75. The van der Waals surface area contributed by atoms with Crippen LogP contribution in [0, 0.1) is 0 Å². The SMILES string of the molecule is C[C@@]1(OC(=O)c2ccccc2)[C@H](OC(=O)c2ccccc2)[C@@H](COC(=O)c2ccccc2)O[C@H]1n1ccc(O)cc1=O. The summed E-state index contributed by atoms with van der Waals surface area (Å²) in [6.45, 7) is 1.07. The van der Waals surface area contributed by atoms with Crippen molar-refractivity contribution < 1.29 is 38.4 Å². The maximum atomic E-state index is 13.3. The van der Waals surface area contributed by atoms with Crippen LogP contribution in [0.3, 0.4) is 0 Å². The zero-order chi connectivity index (χ0) is 29.7. The zero-order valence-electron chi connectivity index (χ0n) is 22.5. The van der Waals surface area contributed by atoms with Crippen LogP contribution < -0.4 is 5.56 Å². The fourth-order valence-electron chi connectivity index (χ4n) is 4.73.